The van der Waals surface area contributed by atoms with Gasteiger partial charge in [0.05, 0.1) is 11.3 Å². The van der Waals surface area contributed by atoms with Gasteiger partial charge in [-0.25, -0.2) is 0 Å². The van der Waals surface area contributed by atoms with Gasteiger partial charge in [-0.3, -0.25) is 9.59 Å². The van der Waals surface area contributed by atoms with Crippen LogP contribution in [0.5, 0.6) is 0 Å². The second-order valence-electron chi connectivity index (χ2n) is 6.25. The molecule has 22 heavy (non-hydrogen) atoms. The predicted octanol–water partition coefficient (Wildman–Crippen LogP) is 3.99. The minimum Gasteiger partial charge on any atom is -0.308 e. The smallest absolute Gasteiger partial charge is 0.261 e. The van der Waals surface area contributed by atoms with Crippen molar-refractivity contribution in [1.29, 1.82) is 0 Å². The normalized spacial score (nSPS) is 11.0. The maximum atomic E-state index is 12.5. The van der Waals surface area contributed by atoms with Crippen LogP contribution in [0.25, 0.3) is 11.3 Å². The van der Waals surface area contributed by atoms with Gasteiger partial charge in [0, 0.05) is 12.1 Å². The van der Waals surface area contributed by atoms with E-state index in [9.17, 15) is 9.59 Å². The number of pyridine rings is 1. The van der Waals surface area contributed by atoms with Gasteiger partial charge in [-0.05, 0) is 43.9 Å². The fraction of sp³-hybridized carbons (Fsp3) is 0.368. The van der Waals surface area contributed by atoms with E-state index in [0.717, 1.165) is 23.2 Å². The average Bonchev–Trinajstić information content (AvgIpc) is 2.46. The van der Waals surface area contributed by atoms with Crippen LogP contribution in [-0.4, -0.2) is 10.9 Å². The highest BCUT2D eigenvalue weighted by molar-refractivity contribution is 5.75. The van der Waals surface area contributed by atoms with E-state index in [1.165, 1.54) is 5.56 Å². The fourth-order valence-electron chi connectivity index (χ4n) is 2.63. The number of aryl methyl sites for hydroxylation is 2. The maximum absolute atomic E-state index is 12.5. The molecule has 0 amide bonds. The standard InChI is InChI=1S/C19H23NO2/c1-13(2)9-10-20-18(8-6-16(12-21)19(20)22)17-7-5-14(3)11-15(17)4/h5-8,11-13H,9-10H2,1-4H3. The van der Waals surface area contributed by atoms with Gasteiger partial charge in [-0.15, -0.1) is 0 Å². The van der Waals surface area contributed by atoms with E-state index in [4.69, 9.17) is 0 Å². The molecule has 2 rings (SSSR count). The van der Waals surface area contributed by atoms with Gasteiger partial charge in [0.2, 0.25) is 0 Å². The quantitative estimate of drug-likeness (QED) is 0.783. The van der Waals surface area contributed by atoms with Gasteiger partial charge in [0.1, 0.15) is 0 Å². The zero-order valence-corrected chi connectivity index (χ0v) is 13.7. The Labute approximate surface area is 131 Å². The van der Waals surface area contributed by atoms with E-state index in [1.54, 1.807) is 10.6 Å². The Morgan fingerprint density at radius 1 is 1.14 bits per heavy atom. The number of nitrogens with zero attached hydrogens (tertiary/aromatic N) is 1. The highest BCUT2D eigenvalue weighted by Crippen LogP contribution is 2.24. The lowest BCUT2D eigenvalue weighted by atomic mass is 10.0. The van der Waals surface area contributed by atoms with Crippen molar-refractivity contribution in [3.8, 4) is 11.3 Å². The minimum absolute atomic E-state index is 0.201. The molecule has 0 aliphatic rings. The first-order valence-electron chi connectivity index (χ1n) is 7.70. The number of carbonyl (C=O) groups excluding carboxylic acids is 1. The molecule has 0 bridgehead atoms. The van der Waals surface area contributed by atoms with E-state index in [2.05, 4.69) is 26.8 Å². The van der Waals surface area contributed by atoms with Crippen molar-refractivity contribution in [2.45, 2.75) is 40.7 Å². The number of rotatable bonds is 5. The number of benzene rings is 1. The Bertz CT molecular complexity index is 742. The van der Waals surface area contributed by atoms with Gasteiger partial charge in [0.15, 0.2) is 6.29 Å². The molecule has 0 spiro atoms. The Hall–Kier alpha value is -2.16. The predicted molar refractivity (Wildman–Crippen MR) is 90.5 cm³/mol. The van der Waals surface area contributed by atoms with Crippen molar-refractivity contribution in [3.63, 3.8) is 0 Å². The van der Waals surface area contributed by atoms with E-state index in [1.807, 2.05) is 25.1 Å². The first-order chi connectivity index (χ1) is 10.4. The third-order valence-electron chi connectivity index (χ3n) is 3.92. The molecule has 0 aliphatic heterocycles. The molecule has 1 aromatic carbocycles. The summed E-state index contributed by atoms with van der Waals surface area (Å²) < 4.78 is 1.74. The SMILES string of the molecule is Cc1ccc(-c2ccc(C=O)c(=O)n2CCC(C)C)c(C)c1. The molecule has 0 fully saturated rings. The van der Waals surface area contributed by atoms with Crippen LogP contribution in [-0.2, 0) is 6.54 Å². The topological polar surface area (TPSA) is 39.1 Å². The summed E-state index contributed by atoms with van der Waals surface area (Å²) in [5, 5.41) is 0. The van der Waals surface area contributed by atoms with Gasteiger partial charge in [0.25, 0.3) is 5.56 Å². The number of hydrogen-bond donors (Lipinski definition) is 0. The molecule has 0 saturated carbocycles. The highest BCUT2D eigenvalue weighted by Gasteiger charge is 2.12. The van der Waals surface area contributed by atoms with E-state index in [-0.39, 0.29) is 11.1 Å². The summed E-state index contributed by atoms with van der Waals surface area (Å²) in [6.45, 7) is 8.99. The van der Waals surface area contributed by atoms with Crippen molar-refractivity contribution in [2.24, 2.45) is 5.92 Å². The van der Waals surface area contributed by atoms with Gasteiger partial charge < -0.3 is 4.57 Å². The summed E-state index contributed by atoms with van der Waals surface area (Å²) in [4.78, 5) is 23.6. The Morgan fingerprint density at radius 2 is 1.86 bits per heavy atom. The second-order valence-corrected chi connectivity index (χ2v) is 6.25. The third-order valence-corrected chi connectivity index (χ3v) is 3.92. The molecule has 116 valence electrons. The molecule has 1 aromatic heterocycles. The molecular formula is C19H23NO2. The third kappa shape index (κ3) is 3.35. The molecule has 0 N–H and O–H groups in total. The first-order valence-corrected chi connectivity index (χ1v) is 7.70. The second kappa shape index (κ2) is 6.73. The van der Waals surface area contributed by atoms with Gasteiger partial charge in [-0.1, -0.05) is 37.6 Å². The van der Waals surface area contributed by atoms with Crippen molar-refractivity contribution < 1.29 is 4.79 Å². The van der Waals surface area contributed by atoms with E-state index in [0.29, 0.717) is 18.7 Å². The van der Waals surface area contributed by atoms with E-state index >= 15 is 0 Å². The van der Waals surface area contributed by atoms with Crippen LogP contribution in [0, 0.1) is 19.8 Å². The van der Waals surface area contributed by atoms with Crippen LogP contribution in [0.3, 0.4) is 0 Å². The molecule has 3 nitrogen and oxygen atoms in total. The summed E-state index contributed by atoms with van der Waals surface area (Å²) in [6, 6.07) is 9.71. The lowest BCUT2D eigenvalue weighted by Gasteiger charge is -2.16. The molecule has 2 aromatic rings. The zero-order chi connectivity index (χ0) is 16.3. The summed E-state index contributed by atoms with van der Waals surface area (Å²) >= 11 is 0. The first kappa shape index (κ1) is 16.2. The van der Waals surface area contributed by atoms with Gasteiger partial charge in [-0.2, -0.15) is 0 Å². The molecule has 0 saturated heterocycles. The largest absolute Gasteiger partial charge is 0.308 e. The monoisotopic (exact) mass is 297 g/mol. The molecule has 3 heteroatoms. The maximum Gasteiger partial charge on any atom is 0.261 e. The molecular weight excluding hydrogens is 274 g/mol. The molecule has 0 atom stereocenters. The lowest BCUT2D eigenvalue weighted by molar-refractivity contribution is 0.112. The molecule has 0 aliphatic carbocycles. The van der Waals surface area contributed by atoms with Crippen molar-refractivity contribution in [1.82, 2.24) is 4.57 Å². The van der Waals surface area contributed by atoms with Crippen LogP contribution < -0.4 is 5.56 Å². The van der Waals surface area contributed by atoms with Crippen LogP contribution in [0.2, 0.25) is 0 Å². The van der Waals surface area contributed by atoms with Gasteiger partial charge >= 0.3 is 0 Å². The number of carbonyl (C=O) groups is 1. The van der Waals surface area contributed by atoms with Crippen LogP contribution >= 0.6 is 0 Å². The Balaban J connectivity index is 2.61. The Morgan fingerprint density at radius 3 is 2.45 bits per heavy atom. The van der Waals surface area contributed by atoms with E-state index < -0.39 is 0 Å². The Kier molecular flexibility index (Phi) is 4.96. The van der Waals surface area contributed by atoms with Crippen molar-refractivity contribution in [2.75, 3.05) is 0 Å². The summed E-state index contributed by atoms with van der Waals surface area (Å²) in [6.07, 6.45) is 1.54. The van der Waals surface area contributed by atoms with Crippen LogP contribution in [0.1, 0.15) is 41.8 Å². The number of hydrogen-bond acceptors (Lipinski definition) is 2. The van der Waals surface area contributed by atoms with Crippen molar-refractivity contribution >= 4 is 6.29 Å². The minimum atomic E-state index is -0.201. The fourth-order valence-corrected chi connectivity index (χ4v) is 2.63. The highest BCUT2D eigenvalue weighted by atomic mass is 16.1. The van der Waals surface area contributed by atoms with Crippen molar-refractivity contribution in [3.05, 3.63) is 57.4 Å². The number of aldehydes is 1. The molecule has 1 heterocycles. The lowest BCUT2D eigenvalue weighted by Crippen LogP contribution is -2.25. The summed E-state index contributed by atoms with van der Waals surface area (Å²) in [7, 11) is 0. The van der Waals surface area contributed by atoms with Crippen LogP contribution in [0.4, 0.5) is 0 Å². The van der Waals surface area contributed by atoms with Crippen LogP contribution in [0.15, 0.2) is 35.1 Å². The number of aromatic nitrogens is 1. The summed E-state index contributed by atoms with van der Waals surface area (Å²) in [5.41, 5.74) is 4.28. The average molecular weight is 297 g/mol. The molecule has 0 radical (unpaired) electrons. The molecule has 0 unspecified atom stereocenters. The zero-order valence-electron chi connectivity index (χ0n) is 13.7. The summed E-state index contributed by atoms with van der Waals surface area (Å²) in [5.74, 6) is 0.499.